The highest BCUT2D eigenvalue weighted by Crippen LogP contribution is 2.03. The largest absolute Gasteiger partial charge is 0.480 e. The lowest BCUT2D eigenvalue weighted by Crippen LogP contribution is -2.30. The summed E-state index contributed by atoms with van der Waals surface area (Å²) < 4.78 is 4.08. The number of hydrogen-bond donors (Lipinski definition) is 2. The Labute approximate surface area is 94.0 Å². The Morgan fingerprint density at radius 1 is 1.44 bits per heavy atom. The first-order chi connectivity index (χ1) is 7.45. The molecule has 6 heteroatoms. The number of esters is 2. The van der Waals surface area contributed by atoms with Crippen molar-refractivity contribution in [1.29, 1.82) is 0 Å². The van der Waals surface area contributed by atoms with Crippen LogP contribution in [-0.2, 0) is 19.1 Å². The zero-order valence-electron chi connectivity index (χ0n) is 9.49. The van der Waals surface area contributed by atoms with Crippen LogP contribution >= 0.6 is 0 Å². The van der Waals surface area contributed by atoms with Gasteiger partial charge in [-0.3, -0.25) is 14.4 Å². The fourth-order valence-corrected chi connectivity index (χ4v) is 0.839. The number of carbonyl (C=O) groups excluding carboxylic acids is 2. The fourth-order valence-electron chi connectivity index (χ4n) is 0.839. The molecule has 0 bridgehead atoms. The summed E-state index contributed by atoms with van der Waals surface area (Å²) in [5, 5.41) is 11.0. The van der Waals surface area contributed by atoms with Crippen molar-refractivity contribution >= 4 is 17.9 Å². The van der Waals surface area contributed by atoms with Gasteiger partial charge in [0.2, 0.25) is 0 Å². The summed E-state index contributed by atoms with van der Waals surface area (Å²) in [6, 6.07) is 0.307. The molecule has 0 radical (unpaired) electrons. The topological polar surface area (TPSA) is 92.7 Å². The minimum atomic E-state index is -0.796. The molecule has 1 aliphatic heterocycles. The summed E-state index contributed by atoms with van der Waals surface area (Å²) in [6.45, 7) is 4.04. The molecule has 2 N–H and O–H groups in total. The molecule has 6 nitrogen and oxygen atoms in total. The smallest absolute Gasteiger partial charge is 0.317 e. The Hall–Kier alpha value is -1.43. The second-order valence-electron chi connectivity index (χ2n) is 3.43. The Balaban J connectivity index is 0.000000288. The molecule has 92 valence electrons. The summed E-state index contributed by atoms with van der Waals surface area (Å²) in [4.78, 5) is 30.0. The SMILES string of the molecule is CCC(C)NCC(=O)O.O=C1CCC(=O)O1. The highest BCUT2D eigenvalue weighted by Gasteiger charge is 2.19. The average Bonchev–Trinajstić information content (AvgIpc) is 2.59. The average molecular weight is 231 g/mol. The fraction of sp³-hybridized carbons (Fsp3) is 0.700. The highest BCUT2D eigenvalue weighted by molar-refractivity contribution is 5.92. The van der Waals surface area contributed by atoms with Crippen LogP contribution in [0.15, 0.2) is 0 Å². The standard InChI is InChI=1S/C6H13NO2.C4H4O3/c1-3-5(2)7-4-6(8)9;5-3-1-2-4(6)7-3/h5,7H,3-4H2,1-2H3,(H,8,9);1-2H2. The Morgan fingerprint density at radius 3 is 2.19 bits per heavy atom. The molecule has 1 heterocycles. The van der Waals surface area contributed by atoms with E-state index < -0.39 is 17.9 Å². The van der Waals surface area contributed by atoms with Crippen LogP contribution < -0.4 is 5.32 Å². The first-order valence-electron chi connectivity index (χ1n) is 5.14. The van der Waals surface area contributed by atoms with Crippen molar-refractivity contribution in [2.24, 2.45) is 0 Å². The van der Waals surface area contributed by atoms with Gasteiger partial charge in [-0.05, 0) is 13.3 Å². The van der Waals surface area contributed by atoms with Crippen LogP contribution in [0.5, 0.6) is 0 Å². The number of carboxylic acid groups (broad SMARTS) is 1. The molecule has 0 aliphatic carbocycles. The minimum Gasteiger partial charge on any atom is -0.480 e. The van der Waals surface area contributed by atoms with Crippen molar-refractivity contribution in [3.63, 3.8) is 0 Å². The first-order valence-corrected chi connectivity index (χ1v) is 5.14. The van der Waals surface area contributed by atoms with Crippen LogP contribution in [0.3, 0.4) is 0 Å². The quantitative estimate of drug-likeness (QED) is 0.534. The summed E-state index contributed by atoms with van der Waals surface area (Å²) in [5.41, 5.74) is 0. The van der Waals surface area contributed by atoms with E-state index in [1.165, 1.54) is 0 Å². The number of rotatable bonds is 4. The van der Waals surface area contributed by atoms with Crippen molar-refractivity contribution in [3.05, 3.63) is 0 Å². The number of carboxylic acids is 1. The normalized spacial score (nSPS) is 16.1. The lowest BCUT2D eigenvalue weighted by molar-refractivity contribution is -0.152. The van der Waals surface area contributed by atoms with E-state index in [0.29, 0.717) is 6.04 Å². The van der Waals surface area contributed by atoms with Crippen molar-refractivity contribution in [1.82, 2.24) is 5.32 Å². The predicted octanol–water partition coefficient (Wildman–Crippen LogP) is 0.309. The zero-order valence-corrected chi connectivity index (χ0v) is 9.49. The minimum absolute atomic E-state index is 0.0645. The third-order valence-electron chi connectivity index (χ3n) is 1.98. The van der Waals surface area contributed by atoms with E-state index in [2.05, 4.69) is 10.1 Å². The third-order valence-corrected chi connectivity index (χ3v) is 1.98. The molecule has 0 aromatic rings. The highest BCUT2D eigenvalue weighted by atomic mass is 16.6. The van der Waals surface area contributed by atoms with E-state index in [-0.39, 0.29) is 19.4 Å². The van der Waals surface area contributed by atoms with Gasteiger partial charge in [0.05, 0.1) is 19.4 Å². The van der Waals surface area contributed by atoms with Gasteiger partial charge in [-0.15, -0.1) is 0 Å². The van der Waals surface area contributed by atoms with E-state index in [1.807, 2.05) is 13.8 Å². The van der Waals surface area contributed by atoms with Gasteiger partial charge in [0, 0.05) is 6.04 Å². The van der Waals surface area contributed by atoms with E-state index in [4.69, 9.17) is 5.11 Å². The molecule has 1 unspecified atom stereocenters. The number of cyclic esters (lactones) is 2. The van der Waals surface area contributed by atoms with Crippen LogP contribution in [0.4, 0.5) is 0 Å². The van der Waals surface area contributed by atoms with Crippen molar-refractivity contribution in [3.8, 4) is 0 Å². The van der Waals surface area contributed by atoms with Crippen LogP contribution in [0, 0.1) is 0 Å². The first kappa shape index (κ1) is 14.6. The molecule has 1 rings (SSSR count). The monoisotopic (exact) mass is 231 g/mol. The molecule has 16 heavy (non-hydrogen) atoms. The van der Waals surface area contributed by atoms with Gasteiger partial charge in [0.25, 0.3) is 0 Å². The van der Waals surface area contributed by atoms with Crippen LogP contribution in [0.2, 0.25) is 0 Å². The lowest BCUT2D eigenvalue weighted by atomic mass is 10.3. The van der Waals surface area contributed by atoms with Crippen LogP contribution in [0.1, 0.15) is 33.1 Å². The van der Waals surface area contributed by atoms with Gasteiger partial charge < -0.3 is 15.2 Å². The lowest BCUT2D eigenvalue weighted by Gasteiger charge is -2.07. The van der Waals surface area contributed by atoms with Gasteiger partial charge >= 0.3 is 17.9 Å². The van der Waals surface area contributed by atoms with E-state index in [0.717, 1.165) is 6.42 Å². The Kier molecular flexibility index (Phi) is 7.11. The number of aliphatic carboxylic acids is 1. The second kappa shape index (κ2) is 7.81. The number of ether oxygens (including phenoxy) is 1. The van der Waals surface area contributed by atoms with Crippen LogP contribution in [0.25, 0.3) is 0 Å². The number of hydrogen-bond acceptors (Lipinski definition) is 5. The molecule has 1 atom stereocenters. The Morgan fingerprint density at radius 2 is 1.94 bits per heavy atom. The molecule has 0 aromatic carbocycles. The van der Waals surface area contributed by atoms with Gasteiger partial charge in [0.1, 0.15) is 0 Å². The summed E-state index contributed by atoms with van der Waals surface area (Å²) >= 11 is 0. The number of carbonyl (C=O) groups is 3. The maximum Gasteiger partial charge on any atom is 0.317 e. The zero-order chi connectivity index (χ0) is 12.6. The van der Waals surface area contributed by atoms with E-state index in [9.17, 15) is 14.4 Å². The van der Waals surface area contributed by atoms with Crippen LogP contribution in [-0.4, -0.2) is 35.6 Å². The van der Waals surface area contributed by atoms with E-state index in [1.54, 1.807) is 0 Å². The van der Waals surface area contributed by atoms with E-state index >= 15 is 0 Å². The molecule has 0 aromatic heterocycles. The summed E-state index contributed by atoms with van der Waals surface area (Å²) in [5.74, 6) is -1.59. The van der Waals surface area contributed by atoms with Crippen molar-refractivity contribution < 1.29 is 24.2 Å². The maximum absolute atomic E-state index is 10.0. The maximum atomic E-state index is 10.0. The molecule has 0 saturated carbocycles. The summed E-state index contributed by atoms with van der Waals surface area (Å²) in [6.07, 6.45) is 1.49. The molecule has 0 amide bonds. The number of nitrogens with one attached hydrogen (secondary N) is 1. The van der Waals surface area contributed by atoms with Gasteiger partial charge in [-0.2, -0.15) is 0 Å². The molecule has 1 fully saturated rings. The molecule has 1 saturated heterocycles. The van der Waals surface area contributed by atoms with Crippen molar-refractivity contribution in [2.75, 3.05) is 6.54 Å². The molecular formula is C10H17NO5. The predicted molar refractivity (Wildman–Crippen MR) is 55.7 cm³/mol. The molecular weight excluding hydrogens is 214 g/mol. The van der Waals surface area contributed by atoms with Gasteiger partial charge in [0.15, 0.2) is 0 Å². The second-order valence-corrected chi connectivity index (χ2v) is 3.43. The Bertz CT molecular complexity index is 250. The van der Waals surface area contributed by atoms with Gasteiger partial charge in [-0.1, -0.05) is 6.92 Å². The molecule has 1 aliphatic rings. The van der Waals surface area contributed by atoms with Gasteiger partial charge in [-0.25, -0.2) is 0 Å². The summed E-state index contributed by atoms with van der Waals surface area (Å²) in [7, 11) is 0. The third kappa shape index (κ3) is 7.93. The van der Waals surface area contributed by atoms with Crippen molar-refractivity contribution in [2.45, 2.75) is 39.2 Å². The molecule has 0 spiro atoms.